The summed E-state index contributed by atoms with van der Waals surface area (Å²) < 4.78 is 21.9. The van der Waals surface area contributed by atoms with Crippen molar-refractivity contribution in [3.05, 3.63) is 88.6 Å². The lowest BCUT2D eigenvalue weighted by atomic mass is 10.1. The average Bonchev–Trinajstić information content (AvgIpc) is 2.88. The number of fused-ring (bicyclic) bond motifs is 1. The number of ether oxygens (including phenoxy) is 3. The molecule has 0 fully saturated rings. The maximum absolute atomic E-state index is 12.5. The summed E-state index contributed by atoms with van der Waals surface area (Å²) in [5.41, 5.74) is 2.45. The summed E-state index contributed by atoms with van der Waals surface area (Å²) in [7, 11) is 3.12. The summed E-state index contributed by atoms with van der Waals surface area (Å²) in [6.45, 7) is 2.44. The molecule has 1 amide bonds. The number of anilines is 1. The topological polar surface area (TPSA) is 87.0 Å². The second kappa shape index (κ2) is 10.6. The van der Waals surface area contributed by atoms with Gasteiger partial charge >= 0.3 is 0 Å². The van der Waals surface area contributed by atoms with Crippen LogP contribution in [0.2, 0.25) is 0 Å². The second-order valence-corrected chi connectivity index (χ2v) is 7.58. The molecule has 0 aliphatic heterocycles. The summed E-state index contributed by atoms with van der Waals surface area (Å²) in [5, 5.41) is 3.27. The fourth-order valence-electron chi connectivity index (χ4n) is 3.54. The van der Waals surface area contributed by atoms with Crippen molar-refractivity contribution in [2.24, 2.45) is 0 Å². The average molecular weight is 472 g/mol. The lowest BCUT2D eigenvalue weighted by molar-refractivity contribution is -0.111. The number of carbonyl (C=O) groups is 1. The Morgan fingerprint density at radius 2 is 1.74 bits per heavy atom. The van der Waals surface area contributed by atoms with Crippen molar-refractivity contribution >= 4 is 28.6 Å². The van der Waals surface area contributed by atoms with E-state index in [1.807, 2.05) is 13.0 Å². The van der Waals surface area contributed by atoms with Crippen LogP contribution in [0.25, 0.3) is 28.4 Å². The Bertz CT molecular complexity index is 1440. The van der Waals surface area contributed by atoms with Gasteiger partial charge in [-0.25, -0.2) is 0 Å². The number of amides is 1. The molecule has 0 spiro atoms. The number of rotatable bonds is 8. The molecule has 0 atom stereocenters. The quantitative estimate of drug-likeness (QED) is 0.340. The van der Waals surface area contributed by atoms with Crippen LogP contribution in [0.1, 0.15) is 12.5 Å². The minimum atomic E-state index is -0.281. The van der Waals surface area contributed by atoms with E-state index in [2.05, 4.69) is 5.32 Å². The molecule has 35 heavy (non-hydrogen) atoms. The molecular formula is C28H25NO6. The predicted molar refractivity (Wildman–Crippen MR) is 136 cm³/mol. The Hall–Kier alpha value is -4.52. The van der Waals surface area contributed by atoms with Gasteiger partial charge in [0, 0.05) is 23.4 Å². The van der Waals surface area contributed by atoms with Gasteiger partial charge in [0.05, 0.1) is 26.2 Å². The first-order valence-electron chi connectivity index (χ1n) is 11.0. The standard InChI is InChI=1S/C28H25NO6/c1-4-34-25-12-5-18(15-27(25)33-3)6-14-28(31)29-20-9-7-19(8-10-20)26-17-23(30)22-16-21(32-2)11-13-24(22)35-26/h5-17H,4H2,1-3H3,(H,29,31)/b14-6+. The van der Waals surface area contributed by atoms with E-state index in [-0.39, 0.29) is 11.3 Å². The first kappa shape index (κ1) is 23.6. The Kier molecular flexibility index (Phi) is 7.16. The van der Waals surface area contributed by atoms with E-state index in [0.29, 0.717) is 46.3 Å². The fourth-order valence-corrected chi connectivity index (χ4v) is 3.54. The zero-order valence-corrected chi connectivity index (χ0v) is 19.7. The van der Waals surface area contributed by atoms with Crippen molar-refractivity contribution in [2.45, 2.75) is 6.92 Å². The lowest BCUT2D eigenvalue weighted by Gasteiger charge is -2.09. The molecule has 0 saturated heterocycles. The van der Waals surface area contributed by atoms with Crippen LogP contribution >= 0.6 is 0 Å². The van der Waals surface area contributed by atoms with Crippen LogP contribution in [0, 0.1) is 0 Å². The molecule has 1 aromatic heterocycles. The summed E-state index contributed by atoms with van der Waals surface area (Å²) in [6.07, 6.45) is 3.14. The SMILES string of the molecule is CCOc1ccc(/C=C/C(=O)Nc2ccc(-c3cc(=O)c4cc(OC)ccc4o3)cc2)cc1OC. The summed E-state index contributed by atoms with van der Waals surface area (Å²) >= 11 is 0. The molecule has 3 aromatic carbocycles. The molecule has 7 nitrogen and oxygen atoms in total. The van der Waals surface area contributed by atoms with Gasteiger partial charge in [0.15, 0.2) is 16.9 Å². The summed E-state index contributed by atoms with van der Waals surface area (Å²) in [6, 6.07) is 19.1. The van der Waals surface area contributed by atoms with E-state index in [0.717, 1.165) is 11.1 Å². The molecule has 4 rings (SSSR count). The van der Waals surface area contributed by atoms with E-state index >= 15 is 0 Å². The van der Waals surface area contributed by atoms with E-state index in [1.165, 1.54) is 12.1 Å². The van der Waals surface area contributed by atoms with Crippen LogP contribution in [-0.2, 0) is 4.79 Å². The Labute approximate surface area is 202 Å². The third-order valence-corrected chi connectivity index (χ3v) is 5.29. The van der Waals surface area contributed by atoms with E-state index in [9.17, 15) is 9.59 Å². The summed E-state index contributed by atoms with van der Waals surface area (Å²) in [5.74, 6) is 2.00. The molecule has 0 saturated carbocycles. The normalized spacial score (nSPS) is 10.9. The van der Waals surface area contributed by atoms with Crippen molar-refractivity contribution in [3.63, 3.8) is 0 Å². The lowest BCUT2D eigenvalue weighted by Crippen LogP contribution is -2.07. The number of hydrogen-bond acceptors (Lipinski definition) is 6. The van der Waals surface area contributed by atoms with Gasteiger partial charge in [-0.1, -0.05) is 6.07 Å². The Morgan fingerprint density at radius 1 is 0.943 bits per heavy atom. The molecule has 1 N–H and O–H groups in total. The van der Waals surface area contributed by atoms with Crippen molar-refractivity contribution in [1.29, 1.82) is 0 Å². The predicted octanol–water partition coefficient (Wildman–Crippen LogP) is 5.53. The maximum Gasteiger partial charge on any atom is 0.248 e. The zero-order chi connectivity index (χ0) is 24.8. The number of hydrogen-bond donors (Lipinski definition) is 1. The van der Waals surface area contributed by atoms with Gasteiger partial charge < -0.3 is 23.9 Å². The fraction of sp³-hybridized carbons (Fsp3) is 0.143. The Balaban J connectivity index is 1.46. The molecule has 0 aliphatic rings. The van der Waals surface area contributed by atoms with Crippen LogP contribution < -0.4 is 25.0 Å². The van der Waals surface area contributed by atoms with Gasteiger partial charge in [-0.2, -0.15) is 0 Å². The smallest absolute Gasteiger partial charge is 0.248 e. The van der Waals surface area contributed by atoms with Gasteiger partial charge in [-0.3, -0.25) is 9.59 Å². The highest BCUT2D eigenvalue weighted by atomic mass is 16.5. The molecule has 1 heterocycles. The highest BCUT2D eigenvalue weighted by molar-refractivity contribution is 6.02. The van der Waals surface area contributed by atoms with E-state index in [4.69, 9.17) is 18.6 Å². The first-order valence-corrected chi connectivity index (χ1v) is 11.0. The van der Waals surface area contributed by atoms with Crippen LogP contribution in [0.3, 0.4) is 0 Å². The molecule has 0 aliphatic carbocycles. The monoisotopic (exact) mass is 471 g/mol. The number of nitrogens with one attached hydrogen (secondary N) is 1. The third kappa shape index (κ3) is 5.52. The van der Waals surface area contributed by atoms with Gasteiger partial charge in [0.1, 0.15) is 17.1 Å². The van der Waals surface area contributed by atoms with E-state index in [1.54, 1.807) is 74.9 Å². The van der Waals surface area contributed by atoms with Crippen molar-refractivity contribution in [2.75, 3.05) is 26.1 Å². The minimum Gasteiger partial charge on any atom is -0.497 e. The van der Waals surface area contributed by atoms with Crippen LogP contribution in [0.15, 0.2) is 82.0 Å². The zero-order valence-electron chi connectivity index (χ0n) is 19.7. The highest BCUT2D eigenvalue weighted by Gasteiger charge is 2.09. The van der Waals surface area contributed by atoms with Crippen LogP contribution in [0.4, 0.5) is 5.69 Å². The maximum atomic E-state index is 12.5. The molecule has 178 valence electrons. The highest BCUT2D eigenvalue weighted by Crippen LogP contribution is 2.29. The Morgan fingerprint density at radius 3 is 2.46 bits per heavy atom. The van der Waals surface area contributed by atoms with E-state index < -0.39 is 0 Å². The van der Waals surface area contributed by atoms with Crippen LogP contribution in [-0.4, -0.2) is 26.7 Å². The number of carbonyl (C=O) groups excluding carboxylic acids is 1. The largest absolute Gasteiger partial charge is 0.497 e. The molecule has 4 aromatic rings. The van der Waals surface area contributed by atoms with Crippen LogP contribution in [0.5, 0.6) is 17.2 Å². The minimum absolute atomic E-state index is 0.159. The number of methoxy groups -OCH3 is 2. The van der Waals surface area contributed by atoms with Gasteiger partial charge in [-0.15, -0.1) is 0 Å². The van der Waals surface area contributed by atoms with Crippen molar-refractivity contribution in [3.8, 4) is 28.6 Å². The molecule has 0 unspecified atom stereocenters. The second-order valence-electron chi connectivity index (χ2n) is 7.58. The third-order valence-electron chi connectivity index (χ3n) is 5.29. The van der Waals surface area contributed by atoms with Gasteiger partial charge in [0.2, 0.25) is 5.91 Å². The number of benzene rings is 3. The van der Waals surface area contributed by atoms with Crippen molar-refractivity contribution in [1.82, 2.24) is 0 Å². The summed E-state index contributed by atoms with van der Waals surface area (Å²) in [4.78, 5) is 24.9. The van der Waals surface area contributed by atoms with Crippen molar-refractivity contribution < 1.29 is 23.4 Å². The molecule has 0 bridgehead atoms. The first-order chi connectivity index (χ1) is 17.0. The van der Waals surface area contributed by atoms with Gasteiger partial charge in [-0.05, 0) is 73.2 Å². The van der Waals surface area contributed by atoms with Gasteiger partial charge in [0.25, 0.3) is 0 Å². The molecule has 7 heteroatoms. The molecular weight excluding hydrogens is 446 g/mol. The molecule has 0 radical (unpaired) electrons.